The van der Waals surface area contributed by atoms with Gasteiger partial charge in [-0.25, -0.2) is 4.39 Å². The number of ether oxygens (including phenoxy) is 1. The van der Waals surface area contributed by atoms with E-state index in [-0.39, 0.29) is 48.8 Å². The Kier molecular flexibility index (Phi) is 7.92. The first-order valence-electron chi connectivity index (χ1n) is 11.8. The smallest absolute Gasteiger partial charge is 0.306 e. The fourth-order valence-corrected chi connectivity index (χ4v) is 6.61. The van der Waals surface area contributed by atoms with Crippen LogP contribution < -0.4 is 10.6 Å². The molecule has 2 bridgehead atoms. The normalized spacial score (nSPS) is 29.6. The van der Waals surface area contributed by atoms with Crippen molar-refractivity contribution < 1.29 is 23.5 Å². The lowest BCUT2D eigenvalue weighted by Crippen LogP contribution is -2.59. The van der Waals surface area contributed by atoms with Gasteiger partial charge in [0.05, 0.1) is 19.2 Å². The Hall–Kier alpha value is -2.30. The standard InChI is InChI=1S/C22H29FN6O4S2/c1-2-17(31)33-13-34-20-28-27-19(35-20)26-18(32)21-3-6-22(7-4-21,8-5-21)25-11-16(30)29-12-14(23)9-15(29)10-24/h14-15,25H,2-9,11-13H2,1H3,(H,26,27,32)/t14-,15-,21?,22?/m0/s1. The molecule has 0 aromatic carbocycles. The molecule has 3 aliphatic carbocycles. The summed E-state index contributed by atoms with van der Waals surface area (Å²) in [6, 6.07) is 1.32. The summed E-state index contributed by atoms with van der Waals surface area (Å²) in [6.07, 6.45) is 3.63. The Morgan fingerprint density at radius 1 is 1.26 bits per heavy atom. The number of thioether (sulfide) groups is 1. The Bertz CT molecular complexity index is 990. The van der Waals surface area contributed by atoms with Gasteiger partial charge in [-0.2, -0.15) is 5.26 Å². The van der Waals surface area contributed by atoms with Crippen LogP contribution >= 0.6 is 23.1 Å². The zero-order valence-corrected chi connectivity index (χ0v) is 21.2. The summed E-state index contributed by atoms with van der Waals surface area (Å²) >= 11 is 2.50. The van der Waals surface area contributed by atoms with Gasteiger partial charge in [0.25, 0.3) is 0 Å². The number of hydrogen-bond donors (Lipinski definition) is 2. The lowest BCUT2D eigenvalue weighted by molar-refractivity contribution is -0.141. The Balaban J connectivity index is 1.25. The molecular weight excluding hydrogens is 495 g/mol. The highest BCUT2D eigenvalue weighted by Gasteiger charge is 2.52. The van der Waals surface area contributed by atoms with Gasteiger partial charge in [0.15, 0.2) is 4.34 Å². The number of hydrogen-bond acceptors (Lipinski definition) is 10. The summed E-state index contributed by atoms with van der Waals surface area (Å²) < 4.78 is 19.3. The van der Waals surface area contributed by atoms with Crippen molar-refractivity contribution in [3.63, 3.8) is 0 Å². The van der Waals surface area contributed by atoms with Gasteiger partial charge in [0.1, 0.15) is 18.2 Å². The highest BCUT2D eigenvalue weighted by Crippen LogP contribution is 2.53. The molecule has 0 spiro atoms. The van der Waals surface area contributed by atoms with Gasteiger partial charge < -0.3 is 20.3 Å². The molecule has 4 fully saturated rings. The number of fused-ring (bicyclic) bond motifs is 3. The second-order valence-electron chi connectivity index (χ2n) is 9.40. The van der Waals surface area contributed by atoms with Crippen molar-refractivity contribution in [3.05, 3.63) is 0 Å². The molecule has 0 radical (unpaired) electrons. The van der Waals surface area contributed by atoms with E-state index in [1.165, 1.54) is 28.0 Å². The van der Waals surface area contributed by atoms with Crippen LogP contribution in [0.5, 0.6) is 0 Å². The zero-order chi connectivity index (χ0) is 25.1. The molecule has 3 saturated carbocycles. The van der Waals surface area contributed by atoms with Crippen molar-refractivity contribution >= 4 is 46.0 Å². The lowest BCUT2D eigenvalue weighted by Gasteiger charge is -2.52. The van der Waals surface area contributed by atoms with Crippen molar-refractivity contribution in [2.45, 2.75) is 80.4 Å². The van der Waals surface area contributed by atoms with E-state index in [4.69, 9.17) is 4.74 Å². The van der Waals surface area contributed by atoms with Crippen molar-refractivity contribution in [1.29, 1.82) is 5.26 Å². The largest absolute Gasteiger partial charge is 0.454 e. The minimum Gasteiger partial charge on any atom is -0.454 e. The number of nitriles is 1. The van der Waals surface area contributed by atoms with Crippen LogP contribution in [0.15, 0.2) is 4.34 Å². The molecule has 1 aliphatic heterocycles. The van der Waals surface area contributed by atoms with Crippen molar-refractivity contribution in [2.24, 2.45) is 5.41 Å². The molecule has 35 heavy (non-hydrogen) atoms. The first-order chi connectivity index (χ1) is 16.8. The molecular formula is C22H29FN6O4S2. The zero-order valence-electron chi connectivity index (χ0n) is 19.5. The number of nitrogens with zero attached hydrogens (tertiary/aromatic N) is 4. The maximum Gasteiger partial charge on any atom is 0.306 e. The molecule has 1 saturated heterocycles. The summed E-state index contributed by atoms with van der Waals surface area (Å²) in [4.78, 5) is 38.3. The number of halogens is 1. The van der Waals surface area contributed by atoms with E-state index in [0.29, 0.717) is 35.2 Å². The molecule has 5 rings (SSSR count). The summed E-state index contributed by atoms with van der Waals surface area (Å²) in [5, 5.41) is 24.0. The molecule has 2 amide bonds. The first kappa shape index (κ1) is 25.8. The quantitative estimate of drug-likeness (QED) is 0.216. The van der Waals surface area contributed by atoms with E-state index in [1.54, 1.807) is 6.92 Å². The van der Waals surface area contributed by atoms with E-state index in [2.05, 4.69) is 20.8 Å². The molecule has 1 aromatic rings. The Morgan fingerprint density at radius 2 is 1.97 bits per heavy atom. The number of carbonyl (C=O) groups is 3. The number of anilines is 1. The highest BCUT2D eigenvalue weighted by molar-refractivity contribution is 8.00. The summed E-state index contributed by atoms with van der Waals surface area (Å²) in [5.74, 6) is -0.439. The van der Waals surface area contributed by atoms with Gasteiger partial charge >= 0.3 is 5.97 Å². The van der Waals surface area contributed by atoms with E-state index in [0.717, 1.165) is 19.3 Å². The van der Waals surface area contributed by atoms with Gasteiger partial charge in [0, 0.05) is 23.8 Å². The predicted octanol–water partition coefficient (Wildman–Crippen LogP) is 2.62. The SMILES string of the molecule is CCC(=O)OCSc1nnc(NC(=O)C23CCC(NCC(=O)N4C[C@@H](F)C[C@H]4C#N)(CC2)CC3)s1. The van der Waals surface area contributed by atoms with E-state index in [9.17, 15) is 24.0 Å². The van der Waals surface area contributed by atoms with E-state index < -0.39 is 17.6 Å². The van der Waals surface area contributed by atoms with Gasteiger partial charge in [-0.1, -0.05) is 30.0 Å². The average Bonchev–Trinajstić information content (AvgIpc) is 3.49. The molecule has 2 N–H and O–H groups in total. The molecule has 13 heteroatoms. The monoisotopic (exact) mass is 524 g/mol. The predicted molar refractivity (Wildman–Crippen MR) is 127 cm³/mol. The highest BCUT2D eigenvalue weighted by atomic mass is 32.2. The van der Waals surface area contributed by atoms with Crippen LogP contribution in [0.25, 0.3) is 0 Å². The average molecular weight is 525 g/mol. The van der Waals surface area contributed by atoms with Gasteiger partial charge in [-0.15, -0.1) is 10.2 Å². The van der Waals surface area contributed by atoms with E-state index >= 15 is 0 Å². The fourth-order valence-electron chi connectivity index (χ4n) is 5.13. The second kappa shape index (κ2) is 10.8. The second-order valence-corrected chi connectivity index (χ2v) is 11.5. The van der Waals surface area contributed by atoms with Crippen LogP contribution in [-0.4, -0.2) is 69.7 Å². The number of esters is 1. The summed E-state index contributed by atoms with van der Waals surface area (Å²) in [7, 11) is 0. The maximum atomic E-state index is 13.7. The minimum absolute atomic E-state index is 0.0231. The topological polar surface area (TPSA) is 137 Å². The van der Waals surface area contributed by atoms with Gasteiger partial charge in [0.2, 0.25) is 16.9 Å². The molecule has 2 heterocycles. The van der Waals surface area contributed by atoms with Crippen molar-refractivity contribution in [3.8, 4) is 6.07 Å². The number of amides is 2. The van der Waals surface area contributed by atoms with E-state index in [1.807, 2.05) is 6.07 Å². The number of carbonyl (C=O) groups excluding carboxylic acids is 3. The molecule has 10 nitrogen and oxygen atoms in total. The van der Waals surface area contributed by atoms with Crippen LogP contribution in [-0.2, 0) is 19.1 Å². The molecule has 1 aromatic heterocycles. The summed E-state index contributed by atoms with van der Waals surface area (Å²) in [5.41, 5.74) is -0.678. The molecule has 2 atom stereocenters. The number of aromatic nitrogens is 2. The van der Waals surface area contributed by atoms with Gasteiger partial charge in [-0.3, -0.25) is 14.4 Å². The van der Waals surface area contributed by atoms with Crippen LogP contribution in [0.1, 0.15) is 58.3 Å². The third kappa shape index (κ3) is 5.76. The van der Waals surface area contributed by atoms with Gasteiger partial charge in [-0.05, 0) is 38.5 Å². The maximum absolute atomic E-state index is 13.7. The van der Waals surface area contributed by atoms with Crippen LogP contribution in [0, 0.1) is 16.7 Å². The third-order valence-electron chi connectivity index (χ3n) is 7.38. The van der Waals surface area contributed by atoms with Crippen molar-refractivity contribution in [1.82, 2.24) is 20.4 Å². The molecule has 190 valence electrons. The molecule has 0 unspecified atom stereocenters. The number of nitrogens with one attached hydrogen (secondary N) is 2. The molecule has 4 aliphatic rings. The van der Waals surface area contributed by atoms with Crippen LogP contribution in [0.4, 0.5) is 9.52 Å². The fraction of sp³-hybridized carbons (Fsp3) is 0.727. The number of rotatable bonds is 9. The summed E-state index contributed by atoms with van der Waals surface area (Å²) in [6.45, 7) is 1.77. The van der Waals surface area contributed by atoms with Crippen LogP contribution in [0.3, 0.4) is 0 Å². The number of alkyl halides is 1. The number of likely N-dealkylation sites (tertiary alicyclic amines) is 1. The first-order valence-corrected chi connectivity index (χ1v) is 13.6. The Morgan fingerprint density at radius 3 is 2.63 bits per heavy atom. The third-order valence-corrected chi connectivity index (χ3v) is 9.18. The van der Waals surface area contributed by atoms with Crippen LogP contribution in [0.2, 0.25) is 0 Å². The van der Waals surface area contributed by atoms with Crippen molar-refractivity contribution in [2.75, 3.05) is 24.3 Å². The lowest BCUT2D eigenvalue weighted by atomic mass is 9.57. The minimum atomic E-state index is -1.15. The Labute approximate surface area is 211 Å².